The summed E-state index contributed by atoms with van der Waals surface area (Å²) in [6.45, 7) is 1.64. The first-order valence-corrected chi connectivity index (χ1v) is 5.42. The van der Waals surface area contributed by atoms with Gasteiger partial charge in [-0.3, -0.25) is 4.79 Å². The summed E-state index contributed by atoms with van der Waals surface area (Å²) in [6, 6.07) is 7.03. The van der Waals surface area contributed by atoms with Gasteiger partial charge in [-0.25, -0.2) is 4.79 Å². The second-order valence-electron chi connectivity index (χ2n) is 3.78. The molecule has 0 atom stereocenters. The van der Waals surface area contributed by atoms with Gasteiger partial charge in [-0.15, -0.1) is 0 Å². The van der Waals surface area contributed by atoms with Crippen LogP contribution in [0.5, 0.6) is 0 Å². The number of hydrogen-bond donors (Lipinski definition) is 1. The van der Waals surface area contributed by atoms with Crippen LogP contribution in [0.15, 0.2) is 28.8 Å². The van der Waals surface area contributed by atoms with Crippen LogP contribution in [0.25, 0.3) is 11.4 Å². The zero-order valence-corrected chi connectivity index (χ0v) is 10.1. The Bertz CT molecular complexity index is 621. The molecule has 0 aliphatic carbocycles. The number of esters is 1. The minimum absolute atomic E-state index is 0.0492. The number of hydrogen-bond acceptors (Lipinski definition) is 6. The average molecular weight is 261 g/mol. The maximum Gasteiger partial charge on any atom is 0.396 e. The minimum Gasteiger partial charge on any atom is -0.454 e. The number of nitrogens with zero attached hydrogens (tertiary/aromatic N) is 2. The summed E-state index contributed by atoms with van der Waals surface area (Å²) in [7, 11) is 0. The summed E-state index contributed by atoms with van der Waals surface area (Å²) in [5.41, 5.74) is 6.19. The van der Waals surface area contributed by atoms with Crippen molar-refractivity contribution >= 4 is 11.9 Å². The van der Waals surface area contributed by atoms with Crippen LogP contribution in [0.1, 0.15) is 11.5 Å². The van der Waals surface area contributed by atoms with Crippen LogP contribution in [0.4, 0.5) is 0 Å². The van der Waals surface area contributed by atoms with E-state index in [9.17, 15) is 9.59 Å². The number of primary amides is 1. The molecule has 7 nitrogen and oxygen atoms in total. The number of carbonyl (C=O) groups is 2. The number of aryl methyl sites for hydroxylation is 1. The molecule has 2 aromatic rings. The summed E-state index contributed by atoms with van der Waals surface area (Å²) in [6.07, 6.45) is 0. The molecule has 2 N–H and O–H groups in total. The molecule has 2 rings (SSSR count). The predicted molar refractivity (Wildman–Crippen MR) is 63.5 cm³/mol. The highest BCUT2D eigenvalue weighted by Gasteiger charge is 2.11. The van der Waals surface area contributed by atoms with Crippen molar-refractivity contribution in [1.29, 1.82) is 0 Å². The van der Waals surface area contributed by atoms with Crippen LogP contribution in [-0.4, -0.2) is 22.0 Å². The fraction of sp³-hybridized carbons (Fsp3) is 0.167. The van der Waals surface area contributed by atoms with Gasteiger partial charge in [0.2, 0.25) is 11.7 Å². The lowest BCUT2D eigenvalue weighted by Gasteiger charge is -2.03. The maximum absolute atomic E-state index is 10.9. The first-order valence-electron chi connectivity index (χ1n) is 5.42. The average Bonchev–Trinajstić information content (AvgIpc) is 2.83. The molecular formula is C12H11N3O4. The molecule has 0 bridgehead atoms. The van der Waals surface area contributed by atoms with Gasteiger partial charge < -0.3 is 15.0 Å². The van der Waals surface area contributed by atoms with Gasteiger partial charge in [0.25, 0.3) is 0 Å². The highest BCUT2D eigenvalue weighted by Crippen LogP contribution is 2.17. The Labute approximate surface area is 108 Å². The molecule has 0 radical (unpaired) electrons. The lowest BCUT2D eigenvalue weighted by Crippen LogP contribution is -2.25. The van der Waals surface area contributed by atoms with Gasteiger partial charge in [-0.05, 0) is 11.6 Å². The predicted octanol–water partition coefficient (Wildman–Crippen LogP) is 0.574. The Morgan fingerprint density at radius 2 is 2.21 bits per heavy atom. The summed E-state index contributed by atoms with van der Waals surface area (Å²) in [5, 5.41) is 3.78. The summed E-state index contributed by atoms with van der Waals surface area (Å²) < 4.78 is 9.59. The Balaban J connectivity index is 2.11. The number of aromatic nitrogens is 2. The van der Waals surface area contributed by atoms with Gasteiger partial charge in [0.15, 0.2) is 0 Å². The number of ether oxygens (including phenoxy) is 1. The van der Waals surface area contributed by atoms with Crippen molar-refractivity contribution in [2.45, 2.75) is 13.5 Å². The summed E-state index contributed by atoms with van der Waals surface area (Å²) >= 11 is 0. The van der Waals surface area contributed by atoms with Crippen molar-refractivity contribution in [3.05, 3.63) is 35.7 Å². The van der Waals surface area contributed by atoms with E-state index in [0.717, 1.165) is 5.56 Å². The standard InChI is InChI=1S/C12H11N3O4/c1-7-14-11(15-19-7)9-4-2-3-8(5-9)6-18-12(17)10(13)16/h2-5H,6H2,1H3,(H2,13,16). The smallest absolute Gasteiger partial charge is 0.396 e. The van der Waals surface area contributed by atoms with E-state index in [1.807, 2.05) is 0 Å². The van der Waals surface area contributed by atoms with Crippen molar-refractivity contribution in [3.63, 3.8) is 0 Å². The Kier molecular flexibility index (Phi) is 3.56. The quantitative estimate of drug-likeness (QED) is 0.639. The Morgan fingerprint density at radius 1 is 1.42 bits per heavy atom. The van der Waals surface area contributed by atoms with Crippen molar-refractivity contribution in [1.82, 2.24) is 10.1 Å². The molecule has 7 heteroatoms. The molecule has 98 valence electrons. The molecule has 1 aromatic heterocycles. The highest BCUT2D eigenvalue weighted by atomic mass is 16.5. The zero-order chi connectivity index (χ0) is 13.8. The van der Waals surface area contributed by atoms with Crippen LogP contribution >= 0.6 is 0 Å². The largest absolute Gasteiger partial charge is 0.454 e. The molecule has 0 saturated carbocycles. The summed E-state index contributed by atoms with van der Waals surface area (Å²) in [4.78, 5) is 25.6. The zero-order valence-electron chi connectivity index (χ0n) is 10.1. The second-order valence-corrected chi connectivity index (χ2v) is 3.78. The highest BCUT2D eigenvalue weighted by molar-refractivity contribution is 6.31. The van der Waals surface area contributed by atoms with Gasteiger partial charge in [0.05, 0.1) is 0 Å². The minimum atomic E-state index is -1.12. The lowest BCUT2D eigenvalue weighted by atomic mass is 10.1. The van der Waals surface area contributed by atoms with Gasteiger partial charge in [0.1, 0.15) is 6.61 Å². The monoisotopic (exact) mass is 261 g/mol. The van der Waals surface area contributed by atoms with Crippen molar-refractivity contribution in [2.24, 2.45) is 5.73 Å². The number of nitrogens with two attached hydrogens (primary N) is 1. The molecule has 0 aliphatic heterocycles. The molecule has 0 fully saturated rings. The Morgan fingerprint density at radius 3 is 2.84 bits per heavy atom. The van der Waals surface area contributed by atoms with Crippen molar-refractivity contribution in [2.75, 3.05) is 0 Å². The van der Waals surface area contributed by atoms with E-state index in [1.54, 1.807) is 31.2 Å². The van der Waals surface area contributed by atoms with Gasteiger partial charge >= 0.3 is 11.9 Å². The van der Waals surface area contributed by atoms with Gasteiger partial charge in [-0.1, -0.05) is 23.4 Å². The lowest BCUT2D eigenvalue weighted by molar-refractivity contribution is -0.154. The van der Waals surface area contributed by atoms with Crippen molar-refractivity contribution < 1.29 is 18.8 Å². The normalized spacial score (nSPS) is 10.2. The van der Waals surface area contributed by atoms with Crippen LogP contribution in [0, 0.1) is 6.92 Å². The molecule has 0 spiro atoms. The third kappa shape index (κ3) is 3.15. The molecule has 1 aromatic carbocycles. The van der Waals surface area contributed by atoms with Crippen LogP contribution in [-0.2, 0) is 20.9 Å². The molecule has 0 aliphatic rings. The fourth-order valence-corrected chi connectivity index (χ4v) is 1.44. The number of rotatable bonds is 3. The fourth-order valence-electron chi connectivity index (χ4n) is 1.44. The molecule has 0 saturated heterocycles. The maximum atomic E-state index is 10.9. The number of carbonyl (C=O) groups excluding carboxylic acids is 2. The van der Waals surface area contributed by atoms with E-state index in [-0.39, 0.29) is 6.61 Å². The van der Waals surface area contributed by atoms with E-state index in [1.165, 1.54) is 0 Å². The van der Waals surface area contributed by atoms with Gasteiger partial charge in [0, 0.05) is 12.5 Å². The first-order chi connectivity index (χ1) is 9.06. The van der Waals surface area contributed by atoms with Crippen LogP contribution < -0.4 is 5.73 Å². The van der Waals surface area contributed by atoms with Crippen LogP contribution in [0.2, 0.25) is 0 Å². The molecule has 1 heterocycles. The molecule has 19 heavy (non-hydrogen) atoms. The van der Waals surface area contributed by atoms with Crippen LogP contribution in [0.3, 0.4) is 0 Å². The molecule has 1 amide bonds. The van der Waals surface area contributed by atoms with Crippen molar-refractivity contribution in [3.8, 4) is 11.4 Å². The van der Waals surface area contributed by atoms with E-state index in [2.05, 4.69) is 10.1 Å². The van der Waals surface area contributed by atoms with E-state index in [4.69, 9.17) is 15.0 Å². The topological polar surface area (TPSA) is 108 Å². The number of benzene rings is 1. The SMILES string of the molecule is Cc1nc(-c2cccc(COC(=O)C(N)=O)c2)no1. The van der Waals surface area contributed by atoms with E-state index in [0.29, 0.717) is 17.3 Å². The number of amides is 1. The third-order valence-electron chi connectivity index (χ3n) is 2.28. The first kappa shape index (κ1) is 12.7. The second kappa shape index (κ2) is 5.30. The van der Waals surface area contributed by atoms with Gasteiger partial charge in [-0.2, -0.15) is 4.98 Å². The third-order valence-corrected chi connectivity index (χ3v) is 2.28. The molecular weight excluding hydrogens is 250 g/mol. The Hall–Kier alpha value is -2.70. The summed E-state index contributed by atoms with van der Waals surface area (Å²) in [5.74, 6) is -1.29. The van der Waals surface area contributed by atoms with E-state index < -0.39 is 11.9 Å². The molecule has 0 unspecified atom stereocenters. The van der Waals surface area contributed by atoms with E-state index >= 15 is 0 Å².